The van der Waals surface area contributed by atoms with Gasteiger partial charge in [0.1, 0.15) is 0 Å². The van der Waals surface area contributed by atoms with E-state index in [0.717, 1.165) is 16.6 Å². The zero-order valence-corrected chi connectivity index (χ0v) is 12.1. The van der Waals surface area contributed by atoms with E-state index in [1.807, 2.05) is 41.9 Å². The highest BCUT2D eigenvalue weighted by Crippen LogP contribution is 2.22. The van der Waals surface area contributed by atoms with Crippen molar-refractivity contribution in [2.24, 2.45) is 0 Å². The summed E-state index contributed by atoms with van der Waals surface area (Å²) in [5, 5.41) is 0.773. The van der Waals surface area contributed by atoms with Crippen LogP contribution in [0.15, 0.2) is 47.3 Å². The molecule has 0 aliphatic heterocycles. The predicted octanol–water partition coefficient (Wildman–Crippen LogP) is 3.43. The van der Waals surface area contributed by atoms with Crippen LogP contribution in [0.4, 0.5) is 0 Å². The summed E-state index contributed by atoms with van der Waals surface area (Å²) in [5.41, 5.74) is 4.55. The van der Waals surface area contributed by atoms with E-state index in [1.54, 1.807) is 4.68 Å². The lowest BCUT2D eigenvalue weighted by Crippen LogP contribution is -2.21. The fraction of sp³-hybridized carbons (Fsp3) is 0.235. The number of aryl methyl sites for hydroxylation is 1. The highest BCUT2D eigenvalue weighted by Gasteiger charge is 2.14. The smallest absolute Gasteiger partial charge is 0.267 e. The molecule has 0 fully saturated rings. The van der Waals surface area contributed by atoms with Crippen molar-refractivity contribution < 1.29 is 0 Å². The lowest BCUT2D eigenvalue weighted by Gasteiger charge is -2.15. The minimum absolute atomic E-state index is 0.0732. The number of hydrogen-bond acceptors (Lipinski definition) is 1. The Kier molecular flexibility index (Phi) is 2.97. The normalized spacial score (nSPS) is 11.2. The van der Waals surface area contributed by atoms with Gasteiger partial charge in [-0.05, 0) is 50.1 Å². The summed E-state index contributed by atoms with van der Waals surface area (Å²) < 4.78 is 3.84. The summed E-state index contributed by atoms with van der Waals surface area (Å²) in [6.07, 6.45) is 0. The third-order valence-electron chi connectivity index (χ3n) is 3.94. The lowest BCUT2D eigenvalue weighted by atomic mass is 10.1. The van der Waals surface area contributed by atoms with Crippen molar-refractivity contribution in [1.82, 2.24) is 9.36 Å². The first-order valence-electron chi connectivity index (χ1n) is 6.92. The molecule has 0 amide bonds. The Hall–Kier alpha value is -2.29. The van der Waals surface area contributed by atoms with E-state index in [-0.39, 0.29) is 5.56 Å². The molecule has 2 aromatic carbocycles. The van der Waals surface area contributed by atoms with Crippen molar-refractivity contribution in [3.8, 4) is 5.69 Å². The highest BCUT2D eigenvalue weighted by atomic mass is 16.1. The molecule has 20 heavy (non-hydrogen) atoms. The van der Waals surface area contributed by atoms with Crippen molar-refractivity contribution in [2.75, 3.05) is 0 Å². The molecule has 0 bridgehead atoms. The number of para-hydroxylation sites is 1. The van der Waals surface area contributed by atoms with Gasteiger partial charge in [-0.2, -0.15) is 0 Å². The van der Waals surface area contributed by atoms with Gasteiger partial charge in [0.15, 0.2) is 0 Å². The molecule has 3 aromatic rings. The number of benzene rings is 2. The van der Waals surface area contributed by atoms with Crippen molar-refractivity contribution in [2.45, 2.75) is 27.3 Å². The summed E-state index contributed by atoms with van der Waals surface area (Å²) in [6, 6.07) is 14.0. The van der Waals surface area contributed by atoms with Crippen LogP contribution in [-0.4, -0.2) is 9.36 Å². The first kappa shape index (κ1) is 12.7. The Morgan fingerprint density at radius 3 is 2.50 bits per heavy atom. The molecule has 3 nitrogen and oxygen atoms in total. The van der Waals surface area contributed by atoms with Gasteiger partial charge in [-0.15, -0.1) is 0 Å². The van der Waals surface area contributed by atoms with E-state index in [9.17, 15) is 4.79 Å². The van der Waals surface area contributed by atoms with E-state index in [4.69, 9.17) is 0 Å². The van der Waals surface area contributed by atoms with Crippen LogP contribution >= 0.6 is 0 Å². The summed E-state index contributed by atoms with van der Waals surface area (Å²) in [6.45, 7) is 6.85. The minimum Gasteiger partial charge on any atom is -0.267 e. The van der Waals surface area contributed by atoms with E-state index in [1.165, 1.54) is 11.1 Å². The van der Waals surface area contributed by atoms with Gasteiger partial charge in [0.05, 0.1) is 16.6 Å². The van der Waals surface area contributed by atoms with Crippen LogP contribution in [-0.2, 0) is 6.54 Å². The molecular weight excluding hydrogens is 248 g/mol. The molecule has 1 heterocycles. The molecule has 0 spiro atoms. The second kappa shape index (κ2) is 4.67. The summed E-state index contributed by atoms with van der Waals surface area (Å²) >= 11 is 0. The first-order valence-corrected chi connectivity index (χ1v) is 6.92. The van der Waals surface area contributed by atoms with Gasteiger partial charge in [-0.25, -0.2) is 9.36 Å². The van der Waals surface area contributed by atoms with Crippen LogP contribution in [0.3, 0.4) is 0 Å². The van der Waals surface area contributed by atoms with Gasteiger partial charge in [0, 0.05) is 6.54 Å². The third-order valence-corrected chi connectivity index (χ3v) is 3.94. The van der Waals surface area contributed by atoms with Crippen molar-refractivity contribution in [3.63, 3.8) is 0 Å². The first-order chi connectivity index (χ1) is 9.65. The number of hydrogen-bond donors (Lipinski definition) is 0. The predicted molar refractivity (Wildman–Crippen MR) is 82.7 cm³/mol. The minimum atomic E-state index is 0.0732. The van der Waals surface area contributed by atoms with Gasteiger partial charge in [-0.1, -0.05) is 24.3 Å². The molecule has 0 saturated heterocycles. The van der Waals surface area contributed by atoms with E-state index in [2.05, 4.69) is 26.0 Å². The van der Waals surface area contributed by atoms with Gasteiger partial charge >= 0.3 is 0 Å². The van der Waals surface area contributed by atoms with Gasteiger partial charge in [0.2, 0.25) is 0 Å². The quantitative estimate of drug-likeness (QED) is 0.698. The largest absolute Gasteiger partial charge is 0.274 e. The molecule has 0 saturated carbocycles. The molecule has 1 aromatic heterocycles. The number of nitrogens with zero attached hydrogens (tertiary/aromatic N) is 2. The molecule has 0 atom stereocenters. The fourth-order valence-corrected chi connectivity index (χ4v) is 2.71. The summed E-state index contributed by atoms with van der Waals surface area (Å²) in [7, 11) is 0. The maximum Gasteiger partial charge on any atom is 0.274 e. The standard InChI is InChI=1S/C17H18N2O/c1-4-18-17(20)14-9-5-6-10-16(14)19(18)15-11-7-8-12(2)13(15)3/h5-11H,4H2,1-3H3. The maximum atomic E-state index is 12.5. The Labute approximate surface area is 118 Å². The van der Waals surface area contributed by atoms with Crippen LogP contribution in [0.1, 0.15) is 18.1 Å². The van der Waals surface area contributed by atoms with Crippen LogP contribution in [0.2, 0.25) is 0 Å². The van der Waals surface area contributed by atoms with Gasteiger partial charge < -0.3 is 0 Å². The van der Waals surface area contributed by atoms with Crippen molar-refractivity contribution >= 4 is 10.9 Å². The zero-order valence-electron chi connectivity index (χ0n) is 12.1. The van der Waals surface area contributed by atoms with Crippen LogP contribution in [0.5, 0.6) is 0 Å². The third kappa shape index (κ3) is 1.70. The van der Waals surface area contributed by atoms with Crippen LogP contribution in [0.25, 0.3) is 16.6 Å². The number of aromatic nitrogens is 2. The second-order valence-electron chi connectivity index (χ2n) is 5.07. The number of fused-ring (bicyclic) bond motifs is 1. The summed E-state index contributed by atoms with van der Waals surface area (Å²) in [5.74, 6) is 0. The van der Waals surface area contributed by atoms with Crippen molar-refractivity contribution in [3.05, 3.63) is 63.9 Å². The van der Waals surface area contributed by atoms with Crippen LogP contribution < -0.4 is 5.56 Å². The van der Waals surface area contributed by atoms with Gasteiger partial charge in [-0.3, -0.25) is 4.79 Å². The monoisotopic (exact) mass is 266 g/mol. The SMILES string of the molecule is CCn1c(=O)c2ccccc2n1-c1cccc(C)c1C. The number of rotatable bonds is 2. The lowest BCUT2D eigenvalue weighted by molar-refractivity contribution is 0.576. The molecule has 0 aliphatic carbocycles. The molecule has 102 valence electrons. The van der Waals surface area contributed by atoms with E-state index < -0.39 is 0 Å². The molecular formula is C17H18N2O. The van der Waals surface area contributed by atoms with Gasteiger partial charge in [0.25, 0.3) is 5.56 Å². The van der Waals surface area contributed by atoms with Crippen LogP contribution in [0, 0.1) is 13.8 Å². The molecule has 0 aliphatic rings. The Morgan fingerprint density at radius 2 is 1.75 bits per heavy atom. The molecule has 0 radical (unpaired) electrons. The van der Waals surface area contributed by atoms with E-state index >= 15 is 0 Å². The zero-order chi connectivity index (χ0) is 14.3. The average molecular weight is 266 g/mol. The highest BCUT2D eigenvalue weighted by molar-refractivity contribution is 5.80. The Balaban J connectivity index is 2.47. The topological polar surface area (TPSA) is 26.9 Å². The summed E-state index contributed by atoms with van der Waals surface area (Å²) in [4.78, 5) is 12.5. The van der Waals surface area contributed by atoms with Crippen molar-refractivity contribution in [1.29, 1.82) is 0 Å². The van der Waals surface area contributed by atoms with E-state index in [0.29, 0.717) is 6.54 Å². The molecule has 0 N–H and O–H groups in total. The average Bonchev–Trinajstić information content (AvgIpc) is 2.75. The Bertz CT molecular complexity index is 840. The molecule has 3 rings (SSSR count). The maximum absolute atomic E-state index is 12.5. The molecule has 0 unspecified atom stereocenters. The second-order valence-corrected chi connectivity index (χ2v) is 5.07. The fourth-order valence-electron chi connectivity index (χ4n) is 2.71. The Morgan fingerprint density at radius 1 is 1.00 bits per heavy atom. The molecule has 3 heteroatoms.